The molecular formula is C8H13N5O2S. The van der Waals surface area contributed by atoms with E-state index in [0.717, 1.165) is 0 Å². The van der Waals surface area contributed by atoms with Crippen LogP contribution in [0, 0.1) is 0 Å². The fourth-order valence-electron chi connectivity index (χ4n) is 1.44. The molecule has 1 heterocycles. The SMILES string of the molecule is CCC[C@]1(/C=N\NC(N)=S)NC(=O)NC1=O. The number of carbonyl (C=O) groups excluding carboxylic acids is 2. The van der Waals surface area contributed by atoms with Crippen molar-refractivity contribution >= 4 is 35.5 Å². The molecule has 1 aliphatic rings. The lowest BCUT2D eigenvalue weighted by Gasteiger charge is -2.19. The van der Waals surface area contributed by atoms with Gasteiger partial charge in [0.25, 0.3) is 5.91 Å². The number of nitrogens with two attached hydrogens (primary N) is 1. The minimum absolute atomic E-state index is 0.00682. The summed E-state index contributed by atoms with van der Waals surface area (Å²) in [6.45, 7) is 1.90. The number of hydrogen-bond donors (Lipinski definition) is 4. The Hall–Kier alpha value is -1.70. The monoisotopic (exact) mass is 243 g/mol. The van der Waals surface area contributed by atoms with Gasteiger partial charge in [0.1, 0.15) is 0 Å². The maximum atomic E-state index is 11.6. The highest BCUT2D eigenvalue weighted by Crippen LogP contribution is 2.15. The van der Waals surface area contributed by atoms with Crippen molar-refractivity contribution in [1.82, 2.24) is 16.1 Å². The van der Waals surface area contributed by atoms with E-state index >= 15 is 0 Å². The molecule has 88 valence electrons. The van der Waals surface area contributed by atoms with E-state index in [1.54, 1.807) is 0 Å². The molecule has 3 amide bonds. The second kappa shape index (κ2) is 4.88. The third-order valence-electron chi connectivity index (χ3n) is 2.07. The summed E-state index contributed by atoms with van der Waals surface area (Å²) in [5.74, 6) is -0.423. The van der Waals surface area contributed by atoms with Gasteiger partial charge in [0.15, 0.2) is 10.7 Å². The van der Waals surface area contributed by atoms with Crippen LogP contribution in [0.1, 0.15) is 19.8 Å². The number of rotatable bonds is 4. The molecule has 0 bridgehead atoms. The van der Waals surface area contributed by atoms with E-state index in [4.69, 9.17) is 5.73 Å². The maximum absolute atomic E-state index is 11.6. The minimum Gasteiger partial charge on any atom is -0.375 e. The van der Waals surface area contributed by atoms with E-state index in [-0.39, 0.29) is 5.11 Å². The van der Waals surface area contributed by atoms with Crippen molar-refractivity contribution in [1.29, 1.82) is 0 Å². The van der Waals surface area contributed by atoms with E-state index < -0.39 is 17.5 Å². The van der Waals surface area contributed by atoms with Crippen LogP contribution >= 0.6 is 12.2 Å². The van der Waals surface area contributed by atoms with Gasteiger partial charge in [-0.2, -0.15) is 5.10 Å². The molecule has 5 N–H and O–H groups in total. The smallest absolute Gasteiger partial charge is 0.322 e. The van der Waals surface area contributed by atoms with Crippen molar-refractivity contribution in [3.05, 3.63) is 0 Å². The first kappa shape index (κ1) is 12.4. The van der Waals surface area contributed by atoms with Crippen LogP contribution in [0.5, 0.6) is 0 Å². The number of thiocarbonyl (C=S) groups is 1. The highest BCUT2D eigenvalue weighted by atomic mass is 32.1. The van der Waals surface area contributed by atoms with E-state index in [0.29, 0.717) is 12.8 Å². The lowest BCUT2D eigenvalue weighted by Crippen LogP contribution is -2.49. The van der Waals surface area contributed by atoms with E-state index in [2.05, 4.69) is 33.4 Å². The minimum atomic E-state index is -1.11. The number of carbonyl (C=O) groups is 2. The molecule has 0 aromatic heterocycles. The molecule has 1 rings (SSSR count). The Morgan fingerprint density at radius 2 is 2.38 bits per heavy atom. The van der Waals surface area contributed by atoms with Crippen molar-refractivity contribution in [2.75, 3.05) is 0 Å². The van der Waals surface area contributed by atoms with E-state index in [1.165, 1.54) is 6.21 Å². The van der Waals surface area contributed by atoms with Crippen LogP contribution in [0.3, 0.4) is 0 Å². The van der Waals surface area contributed by atoms with Crippen LogP contribution in [0.4, 0.5) is 4.79 Å². The number of urea groups is 1. The summed E-state index contributed by atoms with van der Waals surface area (Å²) in [5.41, 5.74) is 6.41. The van der Waals surface area contributed by atoms with Crippen LogP contribution in [-0.4, -0.2) is 28.8 Å². The van der Waals surface area contributed by atoms with Gasteiger partial charge in [-0.05, 0) is 18.6 Å². The van der Waals surface area contributed by atoms with Crippen molar-refractivity contribution in [3.8, 4) is 0 Å². The maximum Gasteiger partial charge on any atom is 0.322 e. The zero-order valence-electron chi connectivity index (χ0n) is 8.74. The Labute approximate surface area is 97.8 Å². The van der Waals surface area contributed by atoms with Gasteiger partial charge in [0.2, 0.25) is 0 Å². The lowest BCUT2D eigenvalue weighted by molar-refractivity contribution is -0.121. The van der Waals surface area contributed by atoms with Crippen LogP contribution in [-0.2, 0) is 4.79 Å². The first-order valence-electron chi connectivity index (χ1n) is 4.73. The molecular weight excluding hydrogens is 230 g/mol. The third-order valence-corrected chi connectivity index (χ3v) is 2.16. The Morgan fingerprint density at radius 3 is 2.81 bits per heavy atom. The quantitative estimate of drug-likeness (QED) is 0.223. The average Bonchev–Trinajstić information content (AvgIpc) is 2.42. The van der Waals surface area contributed by atoms with Crippen molar-refractivity contribution in [2.45, 2.75) is 25.3 Å². The molecule has 0 unspecified atom stereocenters. The Kier molecular flexibility index (Phi) is 3.78. The first-order valence-corrected chi connectivity index (χ1v) is 5.14. The highest BCUT2D eigenvalue weighted by molar-refractivity contribution is 7.80. The summed E-state index contributed by atoms with van der Waals surface area (Å²) in [6, 6.07) is -0.528. The van der Waals surface area contributed by atoms with Gasteiger partial charge in [-0.15, -0.1) is 0 Å². The first-order chi connectivity index (χ1) is 7.50. The molecule has 0 aromatic carbocycles. The molecule has 8 heteroatoms. The van der Waals surface area contributed by atoms with Gasteiger partial charge in [-0.25, -0.2) is 4.79 Å². The fraction of sp³-hybridized carbons (Fsp3) is 0.500. The summed E-state index contributed by atoms with van der Waals surface area (Å²) >= 11 is 4.55. The van der Waals surface area contributed by atoms with Crippen molar-refractivity contribution in [2.24, 2.45) is 10.8 Å². The Morgan fingerprint density at radius 1 is 1.69 bits per heavy atom. The van der Waals surface area contributed by atoms with Gasteiger partial charge in [-0.1, -0.05) is 13.3 Å². The topological polar surface area (TPSA) is 109 Å². The predicted molar refractivity (Wildman–Crippen MR) is 62.7 cm³/mol. The molecule has 0 radical (unpaired) electrons. The van der Waals surface area contributed by atoms with Gasteiger partial charge in [0, 0.05) is 0 Å². The number of amides is 3. The molecule has 7 nitrogen and oxygen atoms in total. The average molecular weight is 243 g/mol. The second-order valence-electron chi connectivity index (χ2n) is 3.36. The Bertz CT molecular complexity index is 356. The van der Waals surface area contributed by atoms with Crippen LogP contribution in [0.2, 0.25) is 0 Å². The van der Waals surface area contributed by atoms with Crippen molar-refractivity contribution in [3.63, 3.8) is 0 Å². The van der Waals surface area contributed by atoms with Crippen molar-refractivity contribution < 1.29 is 9.59 Å². The molecule has 0 spiro atoms. The summed E-state index contributed by atoms with van der Waals surface area (Å²) in [6.07, 6.45) is 2.47. The molecule has 1 saturated heterocycles. The largest absolute Gasteiger partial charge is 0.375 e. The van der Waals surface area contributed by atoms with Crippen LogP contribution < -0.4 is 21.8 Å². The zero-order valence-corrected chi connectivity index (χ0v) is 9.56. The summed E-state index contributed by atoms with van der Waals surface area (Å²) in [5, 5.41) is 8.38. The standard InChI is InChI=1S/C8H13N5O2S/c1-2-3-8(4-10-13-6(9)16)5(14)11-7(15)12-8/h4H,2-3H2,1H3,(H3,9,13,16)(H2,11,12,14,15)/b10-4-/t8-/m1/s1. The third kappa shape index (κ3) is 2.66. The number of hydrazone groups is 1. The molecule has 1 fully saturated rings. The molecule has 1 aliphatic heterocycles. The summed E-state index contributed by atoms with van der Waals surface area (Å²) in [7, 11) is 0. The zero-order chi connectivity index (χ0) is 12.2. The fourth-order valence-corrected chi connectivity index (χ4v) is 1.49. The number of imide groups is 1. The summed E-state index contributed by atoms with van der Waals surface area (Å²) in [4.78, 5) is 22.7. The van der Waals surface area contributed by atoms with Crippen LogP contribution in [0.25, 0.3) is 0 Å². The lowest BCUT2D eigenvalue weighted by atomic mass is 9.96. The van der Waals surface area contributed by atoms with Gasteiger partial charge < -0.3 is 11.1 Å². The molecule has 0 aromatic rings. The summed E-state index contributed by atoms with van der Waals surface area (Å²) < 4.78 is 0. The van der Waals surface area contributed by atoms with E-state index in [1.807, 2.05) is 6.92 Å². The second-order valence-corrected chi connectivity index (χ2v) is 3.80. The van der Waals surface area contributed by atoms with Gasteiger partial charge >= 0.3 is 6.03 Å². The highest BCUT2D eigenvalue weighted by Gasteiger charge is 2.44. The number of nitrogens with zero attached hydrogens (tertiary/aromatic N) is 1. The predicted octanol–water partition coefficient (Wildman–Crippen LogP) is -0.816. The van der Waals surface area contributed by atoms with E-state index in [9.17, 15) is 9.59 Å². The molecule has 0 aliphatic carbocycles. The molecule has 16 heavy (non-hydrogen) atoms. The number of hydrogen-bond acceptors (Lipinski definition) is 4. The Balaban J connectivity index is 2.81. The normalized spacial score (nSPS) is 24.3. The number of nitrogens with one attached hydrogen (secondary N) is 3. The van der Waals surface area contributed by atoms with Gasteiger partial charge in [-0.3, -0.25) is 15.5 Å². The molecule has 1 atom stereocenters. The molecule has 0 saturated carbocycles. The van der Waals surface area contributed by atoms with Gasteiger partial charge in [0.05, 0.1) is 6.21 Å². The van der Waals surface area contributed by atoms with Crippen LogP contribution in [0.15, 0.2) is 5.10 Å².